The van der Waals surface area contributed by atoms with Crippen molar-refractivity contribution in [3.05, 3.63) is 60.8 Å². The number of pyridine rings is 3. The fourth-order valence-electron chi connectivity index (χ4n) is 3.14. The van der Waals surface area contributed by atoms with E-state index in [1.807, 2.05) is 12.1 Å². The maximum atomic E-state index is 12.8. The van der Waals surface area contributed by atoms with E-state index < -0.39 is 48.3 Å². The second-order valence-electron chi connectivity index (χ2n) is 8.59. The molecule has 0 unspecified atom stereocenters. The summed E-state index contributed by atoms with van der Waals surface area (Å²) in [6, 6.07) is 7.80. The number of carboxylic acids is 3. The third kappa shape index (κ3) is 11.1. The number of anilines is 2. The molecule has 0 aromatic carbocycles. The highest BCUT2D eigenvalue weighted by Gasteiger charge is 2.39. The zero-order valence-corrected chi connectivity index (χ0v) is 23.1. The minimum Gasteiger partial charge on any atom is -0.475 e. The van der Waals surface area contributed by atoms with Gasteiger partial charge >= 0.3 is 42.6 Å². The van der Waals surface area contributed by atoms with Crippen LogP contribution in [0.15, 0.2) is 55.1 Å². The number of alkyl halides is 12. The molecule has 0 atom stereocenters. The number of halogens is 12. The number of hydrogen-bond donors (Lipinski definition) is 5. The van der Waals surface area contributed by atoms with Crippen molar-refractivity contribution in [3.8, 4) is 33.9 Å². The van der Waals surface area contributed by atoms with Crippen LogP contribution in [-0.2, 0) is 20.6 Å². The summed E-state index contributed by atoms with van der Waals surface area (Å²) in [6.45, 7) is 0. The maximum Gasteiger partial charge on any atom is 0.490 e. The van der Waals surface area contributed by atoms with E-state index in [-0.39, 0.29) is 0 Å². The lowest BCUT2D eigenvalue weighted by atomic mass is 10.1. The zero-order valence-electron chi connectivity index (χ0n) is 23.1. The van der Waals surface area contributed by atoms with E-state index in [1.165, 1.54) is 6.07 Å². The molecule has 1 aliphatic rings. The van der Waals surface area contributed by atoms with Gasteiger partial charge in [0, 0.05) is 35.3 Å². The van der Waals surface area contributed by atoms with E-state index in [1.54, 1.807) is 24.7 Å². The van der Waals surface area contributed by atoms with Crippen molar-refractivity contribution in [3.63, 3.8) is 0 Å². The average molecular weight is 722 g/mol. The van der Waals surface area contributed by atoms with Gasteiger partial charge in [-0.15, -0.1) is 0 Å². The van der Waals surface area contributed by atoms with Gasteiger partial charge in [-0.3, -0.25) is 9.97 Å². The third-order valence-electron chi connectivity index (χ3n) is 5.16. The molecule has 264 valence electrons. The zero-order chi connectivity index (χ0) is 37.5. The number of nitrogens with zero attached hydrogens (tertiary/aromatic N) is 4. The number of imidazole rings is 1. The molecule has 12 nitrogen and oxygen atoms in total. The molecule has 0 amide bonds. The smallest absolute Gasteiger partial charge is 0.475 e. The molecule has 0 spiro atoms. The number of carboxylic acid groups (broad SMARTS) is 3. The first-order valence-corrected chi connectivity index (χ1v) is 12.0. The van der Waals surface area contributed by atoms with Gasteiger partial charge in [-0.2, -0.15) is 52.7 Å². The third-order valence-corrected chi connectivity index (χ3v) is 5.16. The molecule has 1 aliphatic heterocycles. The fourth-order valence-corrected chi connectivity index (χ4v) is 3.14. The lowest BCUT2D eigenvalue weighted by Crippen LogP contribution is -2.21. The Morgan fingerprint density at radius 1 is 0.653 bits per heavy atom. The van der Waals surface area contributed by atoms with Crippen molar-refractivity contribution in [2.24, 2.45) is 0 Å². The first-order chi connectivity index (χ1) is 22.3. The standard InChI is InChI=1S/C19H11F3N6.3C2HF3O2/c20-19(21,22)14-4-3-10(8-25-14)17-27-15-11-5-7-23-9-13(11)26-18-12(16(15)28-17)2-1-6-24-18;3*3-2(4,5)1(6)7/h1-9H,(H,24,26)(H,27,28);3*(H,6,7). The van der Waals surface area contributed by atoms with Crippen LogP contribution in [0, 0.1) is 0 Å². The number of aliphatic carboxylic acids is 3. The van der Waals surface area contributed by atoms with E-state index in [2.05, 4.69) is 30.2 Å². The van der Waals surface area contributed by atoms with E-state index >= 15 is 0 Å². The minimum absolute atomic E-state index is 0.422. The molecular weight excluding hydrogens is 708 g/mol. The van der Waals surface area contributed by atoms with Crippen LogP contribution < -0.4 is 5.32 Å². The van der Waals surface area contributed by atoms with Crippen molar-refractivity contribution in [1.29, 1.82) is 0 Å². The fraction of sp³-hybridized carbons (Fsp3) is 0.160. The number of hydrogen-bond acceptors (Lipinski definition) is 8. The molecule has 0 saturated heterocycles. The van der Waals surface area contributed by atoms with Gasteiger partial charge in [0.2, 0.25) is 0 Å². The van der Waals surface area contributed by atoms with Crippen LogP contribution in [-0.4, -0.2) is 76.7 Å². The van der Waals surface area contributed by atoms with E-state index in [4.69, 9.17) is 29.7 Å². The molecule has 24 heteroatoms. The van der Waals surface area contributed by atoms with Gasteiger partial charge in [-0.05, 0) is 30.3 Å². The van der Waals surface area contributed by atoms with Gasteiger partial charge in [0.25, 0.3) is 0 Å². The van der Waals surface area contributed by atoms with Gasteiger partial charge in [0.15, 0.2) is 0 Å². The van der Waals surface area contributed by atoms with E-state index in [0.717, 1.165) is 34.8 Å². The quantitative estimate of drug-likeness (QED) is 0.118. The molecule has 0 fully saturated rings. The Balaban J connectivity index is 0.000000325. The highest BCUT2D eigenvalue weighted by Crippen LogP contribution is 2.42. The van der Waals surface area contributed by atoms with Gasteiger partial charge < -0.3 is 25.6 Å². The maximum absolute atomic E-state index is 12.8. The van der Waals surface area contributed by atoms with Crippen molar-refractivity contribution < 1.29 is 82.4 Å². The van der Waals surface area contributed by atoms with Crippen LogP contribution in [0.25, 0.3) is 33.9 Å². The Bertz CT molecular complexity index is 1670. The molecule has 0 aliphatic carbocycles. The second-order valence-corrected chi connectivity index (χ2v) is 8.59. The Morgan fingerprint density at radius 3 is 1.63 bits per heavy atom. The molecule has 5 heterocycles. The first kappa shape index (κ1) is 39.2. The highest BCUT2D eigenvalue weighted by atomic mass is 19.4. The Kier molecular flexibility index (Phi) is 11.9. The van der Waals surface area contributed by atoms with Crippen molar-refractivity contribution in [1.82, 2.24) is 24.9 Å². The molecule has 5 rings (SSSR count). The summed E-state index contributed by atoms with van der Waals surface area (Å²) in [6.07, 6.45) is -13.6. The summed E-state index contributed by atoms with van der Waals surface area (Å²) in [7, 11) is 0. The second kappa shape index (κ2) is 14.8. The average Bonchev–Trinajstić information content (AvgIpc) is 3.37. The summed E-state index contributed by atoms with van der Waals surface area (Å²) in [5.74, 6) is -7.22. The summed E-state index contributed by atoms with van der Waals surface area (Å²) in [5.41, 5.74) is 3.25. The largest absolute Gasteiger partial charge is 0.490 e. The molecule has 5 N–H and O–H groups in total. The predicted molar refractivity (Wildman–Crippen MR) is 138 cm³/mol. The number of aromatic amines is 1. The number of fused-ring (bicyclic) bond motifs is 5. The Morgan fingerprint density at radius 2 is 1.18 bits per heavy atom. The minimum atomic E-state index is -5.08. The summed E-state index contributed by atoms with van der Waals surface area (Å²) >= 11 is 0. The lowest BCUT2D eigenvalue weighted by molar-refractivity contribution is -0.193. The van der Waals surface area contributed by atoms with Gasteiger partial charge in [-0.1, -0.05) is 0 Å². The summed E-state index contributed by atoms with van der Waals surface area (Å²) in [4.78, 5) is 46.6. The van der Waals surface area contributed by atoms with Gasteiger partial charge in [0.1, 0.15) is 23.0 Å². The van der Waals surface area contributed by atoms with Crippen molar-refractivity contribution in [2.75, 3.05) is 5.32 Å². The number of rotatable bonds is 1. The molecular formula is C25H14F12N6O6. The molecule has 0 bridgehead atoms. The summed E-state index contributed by atoms with van der Waals surface area (Å²) < 4.78 is 134. The van der Waals surface area contributed by atoms with Gasteiger partial charge in [0.05, 0.1) is 17.6 Å². The van der Waals surface area contributed by atoms with E-state index in [0.29, 0.717) is 22.9 Å². The van der Waals surface area contributed by atoms with Crippen LogP contribution in [0.2, 0.25) is 0 Å². The van der Waals surface area contributed by atoms with Crippen LogP contribution in [0.3, 0.4) is 0 Å². The van der Waals surface area contributed by atoms with Crippen LogP contribution >= 0.6 is 0 Å². The topological polar surface area (TPSA) is 191 Å². The molecule has 49 heavy (non-hydrogen) atoms. The lowest BCUT2D eigenvalue weighted by Gasteiger charge is -2.08. The molecule has 0 saturated carbocycles. The molecule has 4 aromatic rings. The van der Waals surface area contributed by atoms with Crippen LogP contribution in [0.1, 0.15) is 5.69 Å². The Labute approximate surface area is 262 Å². The number of nitrogens with one attached hydrogen (secondary N) is 2. The van der Waals surface area contributed by atoms with Gasteiger partial charge in [-0.25, -0.2) is 24.4 Å². The number of carbonyl (C=O) groups is 3. The first-order valence-electron chi connectivity index (χ1n) is 12.0. The molecule has 0 radical (unpaired) electrons. The van der Waals surface area contributed by atoms with Crippen LogP contribution in [0.4, 0.5) is 64.2 Å². The van der Waals surface area contributed by atoms with E-state index in [9.17, 15) is 52.7 Å². The summed E-state index contributed by atoms with van der Waals surface area (Å²) in [5, 5.41) is 24.6. The normalized spacial score (nSPS) is 11.9. The molecule has 4 aromatic heterocycles. The monoisotopic (exact) mass is 722 g/mol. The SMILES string of the molecule is FC(F)(F)c1ccc(-c2nc3c([nH]2)-c2ccncc2Nc2ncccc2-3)cn1.O=C(O)C(F)(F)F.O=C(O)C(F)(F)F.O=C(O)C(F)(F)F. The van der Waals surface area contributed by atoms with Crippen molar-refractivity contribution in [2.45, 2.75) is 24.7 Å². The van der Waals surface area contributed by atoms with Crippen LogP contribution in [0.5, 0.6) is 0 Å². The number of aromatic nitrogens is 5. The van der Waals surface area contributed by atoms with Crippen molar-refractivity contribution >= 4 is 29.4 Å². The predicted octanol–water partition coefficient (Wildman–Crippen LogP) is 6.57. The Hall–Kier alpha value is -5.97. The number of H-pyrrole nitrogens is 1. The highest BCUT2D eigenvalue weighted by molar-refractivity contribution is 5.95.